The number of sulfone groups is 1. The molecule has 2 aromatic rings. The van der Waals surface area contributed by atoms with E-state index < -0.39 is 9.84 Å². The quantitative estimate of drug-likeness (QED) is 0.706. The Balaban J connectivity index is 2.05. The Labute approximate surface area is 157 Å². The van der Waals surface area contributed by atoms with Gasteiger partial charge in [0.15, 0.2) is 9.84 Å². The van der Waals surface area contributed by atoms with Gasteiger partial charge in [0, 0.05) is 16.8 Å². The van der Waals surface area contributed by atoms with E-state index in [2.05, 4.69) is 16.7 Å². The minimum atomic E-state index is -3.31. The highest BCUT2D eigenvalue weighted by atomic mass is 32.2. The van der Waals surface area contributed by atoms with Gasteiger partial charge >= 0.3 is 0 Å². The van der Waals surface area contributed by atoms with Gasteiger partial charge in [-0.1, -0.05) is 18.2 Å². The SMILES string of the molecule is Cc1ccc(S(C)(=O)=O)cc1NCC(=O)Nc1ccccc1SCC#N. The molecule has 0 aliphatic carbocycles. The normalized spacial score (nSPS) is 10.8. The first-order valence-electron chi connectivity index (χ1n) is 7.74. The van der Waals surface area contributed by atoms with Gasteiger partial charge in [0.1, 0.15) is 0 Å². The second-order valence-corrected chi connectivity index (χ2v) is 8.63. The number of carbonyl (C=O) groups is 1. The van der Waals surface area contributed by atoms with E-state index in [4.69, 9.17) is 5.26 Å². The van der Waals surface area contributed by atoms with Crippen LogP contribution < -0.4 is 10.6 Å². The molecule has 0 saturated carbocycles. The molecule has 0 atom stereocenters. The third-order valence-electron chi connectivity index (χ3n) is 3.53. The van der Waals surface area contributed by atoms with Crippen LogP contribution in [0, 0.1) is 18.3 Å². The molecule has 136 valence electrons. The predicted octanol–water partition coefficient (Wildman–Crippen LogP) is 3.06. The summed E-state index contributed by atoms with van der Waals surface area (Å²) in [4.78, 5) is 13.3. The molecule has 2 N–H and O–H groups in total. The van der Waals surface area contributed by atoms with E-state index in [1.807, 2.05) is 19.1 Å². The van der Waals surface area contributed by atoms with E-state index in [1.54, 1.807) is 24.3 Å². The van der Waals surface area contributed by atoms with Crippen LogP contribution in [-0.2, 0) is 14.6 Å². The molecule has 2 rings (SSSR count). The molecular formula is C18H19N3O3S2. The lowest BCUT2D eigenvalue weighted by molar-refractivity contribution is -0.114. The van der Waals surface area contributed by atoms with Crippen molar-refractivity contribution in [2.75, 3.05) is 29.2 Å². The van der Waals surface area contributed by atoms with Crippen LogP contribution in [-0.4, -0.2) is 32.9 Å². The van der Waals surface area contributed by atoms with Crippen LogP contribution in [0.2, 0.25) is 0 Å². The van der Waals surface area contributed by atoms with Crippen molar-refractivity contribution in [3.8, 4) is 6.07 Å². The Bertz CT molecular complexity index is 950. The molecule has 1 amide bonds. The number of benzene rings is 2. The van der Waals surface area contributed by atoms with Crippen LogP contribution in [0.1, 0.15) is 5.56 Å². The van der Waals surface area contributed by atoms with Crippen molar-refractivity contribution in [3.63, 3.8) is 0 Å². The van der Waals surface area contributed by atoms with Gasteiger partial charge in [-0.15, -0.1) is 11.8 Å². The Hall–Kier alpha value is -2.50. The van der Waals surface area contributed by atoms with Crippen molar-refractivity contribution >= 4 is 38.9 Å². The summed E-state index contributed by atoms with van der Waals surface area (Å²) in [7, 11) is -3.31. The highest BCUT2D eigenvalue weighted by Crippen LogP contribution is 2.26. The number of amides is 1. The molecule has 0 aromatic heterocycles. The zero-order valence-corrected chi connectivity index (χ0v) is 16.1. The molecule has 0 aliphatic rings. The molecule has 2 aromatic carbocycles. The highest BCUT2D eigenvalue weighted by molar-refractivity contribution is 7.99. The summed E-state index contributed by atoms with van der Waals surface area (Å²) in [6.45, 7) is 1.82. The van der Waals surface area contributed by atoms with Gasteiger partial charge in [-0.2, -0.15) is 5.26 Å². The number of hydrogen-bond donors (Lipinski definition) is 2. The van der Waals surface area contributed by atoms with Crippen molar-refractivity contribution in [1.29, 1.82) is 5.26 Å². The summed E-state index contributed by atoms with van der Waals surface area (Å²) in [5.41, 5.74) is 2.08. The molecule has 0 bridgehead atoms. The number of anilines is 2. The molecule has 0 fully saturated rings. The zero-order valence-electron chi connectivity index (χ0n) is 14.4. The Morgan fingerprint density at radius 1 is 1.19 bits per heavy atom. The second-order valence-electron chi connectivity index (χ2n) is 5.59. The van der Waals surface area contributed by atoms with E-state index in [-0.39, 0.29) is 17.3 Å². The molecule has 8 heteroatoms. The van der Waals surface area contributed by atoms with Gasteiger partial charge in [0.25, 0.3) is 0 Å². The number of para-hydroxylation sites is 1. The highest BCUT2D eigenvalue weighted by Gasteiger charge is 2.11. The summed E-state index contributed by atoms with van der Waals surface area (Å²) in [5, 5.41) is 14.5. The van der Waals surface area contributed by atoms with E-state index in [0.29, 0.717) is 17.1 Å². The number of nitrogens with zero attached hydrogens (tertiary/aromatic N) is 1. The number of hydrogen-bond acceptors (Lipinski definition) is 6. The van der Waals surface area contributed by atoms with Gasteiger partial charge in [-0.05, 0) is 36.8 Å². The van der Waals surface area contributed by atoms with E-state index in [9.17, 15) is 13.2 Å². The van der Waals surface area contributed by atoms with Crippen LogP contribution in [0.25, 0.3) is 0 Å². The van der Waals surface area contributed by atoms with Crippen molar-refractivity contribution in [2.45, 2.75) is 16.7 Å². The first kappa shape index (κ1) is 19.8. The van der Waals surface area contributed by atoms with Crippen LogP contribution in [0.4, 0.5) is 11.4 Å². The van der Waals surface area contributed by atoms with Crippen molar-refractivity contribution in [3.05, 3.63) is 48.0 Å². The van der Waals surface area contributed by atoms with Crippen molar-refractivity contribution in [2.24, 2.45) is 0 Å². The first-order valence-corrected chi connectivity index (χ1v) is 10.6. The maximum atomic E-state index is 12.2. The smallest absolute Gasteiger partial charge is 0.243 e. The largest absolute Gasteiger partial charge is 0.376 e. The topological polar surface area (TPSA) is 99.1 Å². The van der Waals surface area contributed by atoms with Gasteiger partial charge in [0.05, 0.1) is 28.9 Å². The number of nitriles is 1. The Morgan fingerprint density at radius 3 is 2.62 bits per heavy atom. The number of carbonyl (C=O) groups excluding carboxylic acids is 1. The molecule has 26 heavy (non-hydrogen) atoms. The fourth-order valence-electron chi connectivity index (χ4n) is 2.20. The second kappa shape index (κ2) is 8.74. The minimum Gasteiger partial charge on any atom is -0.376 e. The molecule has 0 radical (unpaired) electrons. The Morgan fingerprint density at radius 2 is 1.92 bits per heavy atom. The lowest BCUT2D eigenvalue weighted by Crippen LogP contribution is -2.22. The van der Waals surface area contributed by atoms with E-state index in [1.165, 1.54) is 17.8 Å². The molecule has 0 heterocycles. The number of nitrogens with one attached hydrogen (secondary N) is 2. The summed E-state index contributed by atoms with van der Waals surface area (Å²) in [6.07, 6.45) is 1.14. The predicted molar refractivity (Wildman–Crippen MR) is 104 cm³/mol. The monoisotopic (exact) mass is 389 g/mol. The fraction of sp³-hybridized carbons (Fsp3) is 0.222. The lowest BCUT2D eigenvalue weighted by atomic mass is 10.2. The average Bonchev–Trinajstić information content (AvgIpc) is 2.59. The maximum Gasteiger partial charge on any atom is 0.243 e. The van der Waals surface area contributed by atoms with Crippen LogP contribution >= 0.6 is 11.8 Å². The fourth-order valence-corrected chi connectivity index (χ4v) is 3.51. The summed E-state index contributed by atoms with van der Waals surface area (Å²) in [5.74, 6) is 0.0296. The van der Waals surface area contributed by atoms with Gasteiger partial charge in [-0.3, -0.25) is 4.79 Å². The van der Waals surface area contributed by atoms with Gasteiger partial charge in [0.2, 0.25) is 5.91 Å². The van der Waals surface area contributed by atoms with Crippen molar-refractivity contribution < 1.29 is 13.2 Å². The van der Waals surface area contributed by atoms with Crippen LogP contribution in [0.3, 0.4) is 0 Å². The maximum absolute atomic E-state index is 12.2. The summed E-state index contributed by atoms with van der Waals surface area (Å²) < 4.78 is 23.3. The third kappa shape index (κ3) is 5.51. The average molecular weight is 390 g/mol. The minimum absolute atomic E-state index is 0.00862. The molecule has 0 saturated heterocycles. The number of rotatable bonds is 7. The molecule has 0 aliphatic heterocycles. The summed E-state index contributed by atoms with van der Waals surface area (Å²) >= 11 is 1.35. The third-order valence-corrected chi connectivity index (χ3v) is 5.58. The standard InChI is InChI=1S/C18H19N3O3S2/c1-13-7-8-14(26(2,23)24)11-16(13)20-12-18(22)21-15-5-3-4-6-17(15)25-10-9-19/h3-8,11,20H,10,12H2,1-2H3,(H,21,22). The first-order chi connectivity index (χ1) is 12.3. The molecule has 0 unspecified atom stereocenters. The van der Waals surface area contributed by atoms with E-state index in [0.717, 1.165) is 16.7 Å². The molecular weight excluding hydrogens is 370 g/mol. The van der Waals surface area contributed by atoms with Gasteiger partial charge < -0.3 is 10.6 Å². The summed E-state index contributed by atoms with van der Waals surface area (Å²) in [6, 6.07) is 14.1. The van der Waals surface area contributed by atoms with Gasteiger partial charge in [-0.25, -0.2) is 8.42 Å². The Kier molecular flexibility index (Phi) is 6.66. The number of aryl methyl sites for hydroxylation is 1. The molecule has 6 nitrogen and oxygen atoms in total. The lowest BCUT2D eigenvalue weighted by Gasteiger charge is -2.13. The van der Waals surface area contributed by atoms with Crippen LogP contribution in [0.15, 0.2) is 52.3 Å². The van der Waals surface area contributed by atoms with E-state index >= 15 is 0 Å². The zero-order chi connectivity index (χ0) is 19.2. The van der Waals surface area contributed by atoms with Crippen LogP contribution in [0.5, 0.6) is 0 Å². The molecule has 0 spiro atoms. The van der Waals surface area contributed by atoms with Crippen molar-refractivity contribution in [1.82, 2.24) is 0 Å². The number of thioether (sulfide) groups is 1.